The van der Waals surface area contributed by atoms with Gasteiger partial charge in [0.25, 0.3) is 0 Å². The molecule has 0 aromatic carbocycles. The quantitative estimate of drug-likeness (QED) is 0.0395. The third-order valence-electron chi connectivity index (χ3n) is 13.2. The predicted octanol–water partition coefficient (Wildman–Crippen LogP) is 17.1. The molecule has 2 aliphatic heterocycles. The Bertz CT molecular complexity index is 1930. The number of hydrogen-bond acceptors (Lipinski definition) is 8. The molecular formula is C54H106N2O6S2Si6Sn2. The third-order valence-corrected chi connectivity index (χ3v) is 53.6. The summed E-state index contributed by atoms with van der Waals surface area (Å²) in [7, 11) is -10.9. The van der Waals surface area contributed by atoms with Crippen molar-refractivity contribution in [2.24, 2.45) is 0 Å². The van der Waals surface area contributed by atoms with Crippen LogP contribution < -0.4 is 15.6 Å². The van der Waals surface area contributed by atoms with E-state index in [1.165, 1.54) is 95.7 Å². The molecule has 0 fully saturated rings. The molecule has 0 saturated carbocycles. The van der Waals surface area contributed by atoms with Crippen molar-refractivity contribution < 1.29 is 26.0 Å². The van der Waals surface area contributed by atoms with E-state index in [2.05, 4.69) is 143 Å². The normalized spacial score (nSPS) is 16.5. The number of carbonyl (C=O) groups is 2. The van der Waals surface area contributed by atoms with Crippen LogP contribution in [-0.4, -0.2) is 112 Å². The van der Waals surface area contributed by atoms with E-state index in [9.17, 15) is 9.59 Å². The summed E-state index contributed by atoms with van der Waals surface area (Å²) >= 11 is -1.33. The molecule has 72 heavy (non-hydrogen) atoms. The van der Waals surface area contributed by atoms with Gasteiger partial charge >= 0.3 is 291 Å². The molecule has 0 radical (unpaired) electrons. The summed E-state index contributed by atoms with van der Waals surface area (Å²) in [5, 5.41) is 0. The van der Waals surface area contributed by atoms with Gasteiger partial charge in [0, 0.05) is 0 Å². The monoisotopic (exact) mass is 1350 g/mol. The largest absolute Gasteiger partial charge is 0.437 e. The van der Waals surface area contributed by atoms with Crippen LogP contribution in [-0.2, 0) is 26.0 Å². The minimum Gasteiger partial charge on any atom is -0.437 e. The Labute approximate surface area is 465 Å². The number of nitrogens with zero attached hydrogens (tertiary/aromatic N) is 2. The minimum absolute atomic E-state index is 0.0535. The maximum Gasteiger partial charge on any atom is 0.172 e. The fraction of sp³-hybridized carbons (Fsp3) is 0.778. The number of rotatable bonds is 34. The van der Waals surface area contributed by atoms with Gasteiger partial charge in [0.15, 0.2) is 33.3 Å². The van der Waals surface area contributed by atoms with Crippen molar-refractivity contribution in [3.8, 4) is 0 Å². The van der Waals surface area contributed by atoms with Crippen LogP contribution >= 0.6 is 22.7 Å². The first-order chi connectivity index (χ1) is 33.0. The van der Waals surface area contributed by atoms with Gasteiger partial charge in [-0.25, -0.2) is 0 Å². The van der Waals surface area contributed by atoms with Gasteiger partial charge < -0.3 is 16.5 Å². The van der Waals surface area contributed by atoms with Crippen LogP contribution in [0.4, 0.5) is 11.4 Å². The molecule has 18 heteroatoms. The van der Waals surface area contributed by atoms with E-state index < -0.39 is 87.1 Å². The van der Waals surface area contributed by atoms with E-state index >= 15 is 0 Å². The van der Waals surface area contributed by atoms with E-state index in [1.807, 2.05) is 22.7 Å². The van der Waals surface area contributed by atoms with E-state index in [4.69, 9.17) is 16.5 Å². The zero-order valence-electron chi connectivity index (χ0n) is 49.9. The van der Waals surface area contributed by atoms with E-state index in [0.29, 0.717) is 11.1 Å². The summed E-state index contributed by atoms with van der Waals surface area (Å²) in [4.78, 5) is 50.7. The molecule has 2 aromatic heterocycles. The maximum atomic E-state index is 14.8. The van der Waals surface area contributed by atoms with Crippen molar-refractivity contribution in [2.75, 3.05) is 22.9 Å². The second-order valence-electron chi connectivity index (χ2n) is 27.8. The third kappa shape index (κ3) is 21.5. The van der Waals surface area contributed by atoms with Crippen molar-refractivity contribution >= 4 is 150 Å². The SMILES string of the molecule is C[Si](C)(C)O[Si](C)(CCCCCCCCCCCN1C(=O)/C(=C2\C(=O)N(CCCCCCCCCCC[Si](C)(O[Si](C)(C)C)O[Si](C)(C)C)c3c[c]([Sn]([CH3])([CH3])[CH3])sc32)c2s[c]([Sn]([CH3])([CH3])[CH3])cc21)O[Si](C)(C)C. The average molecular weight is 1350 g/mol. The van der Waals surface area contributed by atoms with Gasteiger partial charge in [0.1, 0.15) is 0 Å². The molecule has 412 valence electrons. The Balaban J connectivity index is 1.31. The summed E-state index contributed by atoms with van der Waals surface area (Å²) in [5.74, 6) is 0.107. The van der Waals surface area contributed by atoms with E-state index in [-0.39, 0.29) is 11.8 Å². The number of thiophene rings is 2. The molecule has 2 aromatic rings. The van der Waals surface area contributed by atoms with Crippen LogP contribution in [0.15, 0.2) is 12.1 Å². The van der Waals surface area contributed by atoms with Crippen LogP contribution in [0, 0.1) is 0 Å². The Kier molecular flexibility index (Phi) is 24.8. The Morgan fingerprint density at radius 2 is 0.625 bits per heavy atom. The molecule has 2 amide bonds. The number of carbonyl (C=O) groups excluding carboxylic acids is 2. The molecule has 2 aliphatic rings. The molecule has 8 nitrogen and oxygen atoms in total. The molecule has 4 heterocycles. The molecule has 0 spiro atoms. The Hall–Kier alpha value is 0.819. The van der Waals surface area contributed by atoms with Gasteiger partial charge in [0.05, 0.1) is 0 Å². The van der Waals surface area contributed by atoms with Crippen molar-refractivity contribution in [2.45, 2.75) is 249 Å². The summed E-state index contributed by atoms with van der Waals surface area (Å²) in [6.45, 7) is 33.6. The van der Waals surface area contributed by atoms with Crippen molar-refractivity contribution in [3.05, 3.63) is 21.9 Å². The fourth-order valence-electron chi connectivity index (χ4n) is 10.6. The molecule has 0 aliphatic carbocycles. The molecule has 0 N–H and O–H groups in total. The van der Waals surface area contributed by atoms with Crippen molar-refractivity contribution in [1.29, 1.82) is 0 Å². The first-order valence-corrected chi connectivity index (χ1v) is 68.8. The minimum atomic E-state index is -2.49. The second kappa shape index (κ2) is 27.3. The van der Waals surface area contributed by atoms with Gasteiger partial charge in [-0.2, -0.15) is 0 Å². The molecule has 0 saturated heterocycles. The first-order valence-electron chi connectivity index (χ1n) is 28.5. The number of hydrogen-bond donors (Lipinski definition) is 0. The fourth-order valence-corrected chi connectivity index (χ4v) is 48.6. The Morgan fingerprint density at radius 1 is 0.389 bits per heavy atom. The maximum absolute atomic E-state index is 14.8. The molecule has 0 bridgehead atoms. The Morgan fingerprint density at radius 3 is 0.861 bits per heavy atom. The number of fused-ring (bicyclic) bond motifs is 2. The number of unbranched alkanes of at least 4 members (excludes halogenated alkanes) is 16. The second-order valence-corrected chi connectivity index (χ2v) is 86.4. The molecule has 4 rings (SSSR count). The summed E-state index contributed by atoms with van der Waals surface area (Å²) in [6.07, 6.45) is 21.7. The smallest absolute Gasteiger partial charge is 0.172 e. The zero-order chi connectivity index (χ0) is 54.1. The van der Waals surface area contributed by atoms with Crippen LogP contribution in [0.1, 0.15) is 125 Å². The zero-order valence-corrected chi connectivity index (χ0v) is 63.2. The van der Waals surface area contributed by atoms with Gasteiger partial charge in [-0.05, 0) is 104 Å². The van der Waals surface area contributed by atoms with Crippen LogP contribution in [0.25, 0.3) is 11.1 Å². The van der Waals surface area contributed by atoms with Gasteiger partial charge in [0.2, 0.25) is 0 Å². The summed E-state index contributed by atoms with van der Waals surface area (Å²) in [5.41, 5.74) is 3.55. The van der Waals surface area contributed by atoms with Gasteiger partial charge in [-0.15, -0.1) is 0 Å². The number of anilines is 2. The topological polar surface area (TPSA) is 77.5 Å². The average Bonchev–Trinajstić information content (AvgIpc) is 3.93. The van der Waals surface area contributed by atoms with E-state index in [0.717, 1.165) is 72.0 Å². The van der Waals surface area contributed by atoms with E-state index in [1.54, 1.807) is 0 Å². The number of amides is 2. The first kappa shape index (κ1) is 65.3. The molecule has 0 atom stereocenters. The van der Waals surface area contributed by atoms with Crippen LogP contribution in [0.2, 0.25) is 133 Å². The van der Waals surface area contributed by atoms with Gasteiger partial charge in [-0.1, -0.05) is 25.7 Å². The van der Waals surface area contributed by atoms with Crippen molar-refractivity contribution in [1.82, 2.24) is 0 Å². The molecule has 0 unspecified atom stereocenters. The predicted molar refractivity (Wildman–Crippen MR) is 340 cm³/mol. The summed E-state index contributed by atoms with van der Waals surface area (Å²) in [6, 6.07) is 6.93. The molecular weight excluding hydrogens is 1240 g/mol. The summed E-state index contributed by atoms with van der Waals surface area (Å²) < 4.78 is 29.9. The van der Waals surface area contributed by atoms with Crippen LogP contribution in [0.5, 0.6) is 0 Å². The standard InChI is InChI=1S/C48H88N2O6S2Si6.6CH3.2Sn/c1-59(2,3)53-63(13,54-60(4,5)6)39-31-27-23-19-15-17-21-25-29-35-49-41-33-37-57-45(41)43(47(49)51)44-46-42(34-38-58-46)50(48(44)52)36-30-26-22-18-16-20-24-28-32-40-64(14,55-61(7,8)9)56-62(10,11)12;;;;;;;;/h33-34H,15-32,35-36,39-40H2,1-14H3;6*1H3;;/b44-43-;;;;;;;;. The van der Waals surface area contributed by atoms with Gasteiger partial charge in [-0.3, -0.25) is 0 Å². The van der Waals surface area contributed by atoms with Crippen LogP contribution in [0.3, 0.4) is 0 Å². The van der Waals surface area contributed by atoms with Crippen molar-refractivity contribution in [3.63, 3.8) is 0 Å².